The average Bonchev–Trinajstić information content (AvgIpc) is 3.82. The molecular formula is C44H26N4S. The molecule has 0 aliphatic rings. The molecule has 11 aromatic rings. The number of thiophene rings is 1. The highest BCUT2D eigenvalue weighted by atomic mass is 32.1. The van der Waals surface area contributed by atoms with Crippen molar-refractivity contribution in [3.8, 4) is 22.9 Å². The molecule has 7 aromatic carbocycles. The molecule has 4 aromatic heterocycles. The molecule has 0 fully saturated rings. The molecule has 0 amide bonds. The molecule has 0 spiro atoms. The number of aromatic nitrogens is 4. The average molecular weight is 643 g/mol. The van der Waals surface area contributed by atoms with Gasteiger partial charge in [0, 0.05) is 42.9 Å². The number of nitrogens with zero attached hydrogens (tertiary/aromatic N) is 4. The Hall–Kier alpha value is -6.30. The van der Waals surface area contributed by atoms with Crippen molar-refractivity contribution < 1.29 is 0 Å². The summed E-state index contributed by atoms with van der Waals surface area (Å²) < 4.78 is 7.01. The molecule has 0 radical (unpaired) electrons. The summed E-state index contributed by atoms with van der Waals surface area (Å²) in [5, 5.41) is 8.37. The number of fused-ring (bicyclic) bond motifs is 11. The third-order valence-corrected chi connectivity index (χ3v) is 11.1. The standard InChI is InChI=1S/C44H26N4S/c1-2-15-28(16-3-1)47-35-22-9-6-18-30(35)32-25-26-37-39(42(32)47)33-19-7-10-23-36(33)48(37)44-45-40(31-21-12-14-27-13-4-5-17-29(27)31)43-41(46-44)34-20-8-11-24-38(34)49-43/h1-26H. The van der Waals surface area contributed by atoms with Gasteiger partial charge in [0.15, 0.2) is 0 Å². The van der Waals surface area contributed by atoms with Gasteiger partial charge in [-0.05, 0) is 47.2 Å². The summed E-state index contributed by atoms with van der Waals surface area (Å²) in [6.07, 6.45) is 0. The van der Waals surface area contributed by atoms with Crippen LogP contribution in [0.15, 0.2) is 158 Å². The summed E-state index contributed by atoms with van der Waals surface area (Å²) in [6.45, 7) is 0. The molecule has 0 aliphatic heterocycles. The first-order valence-electron chi connectivity index (χ1n) is 16.5. The Morgan fingerprint density at radius 3 is 1.98 bits per heavy atom. The fourth-order valence-electron chi connectivity index (χ4n) is 7.86. The van der Waals surface area contributed by atoms with Gasteiger partial charge in [-0.3, -0.25) is 4.57 Å². The Bertz CT molecular complexity index is 3110. The normalized spacial score (nSPS) is 12.1. The van der Waals surface area contributed by atoms with E-state index in [1.54, 1.807) is 11.3 Å². The predicted octanol–water partition coefficient (Wildman–Crippen LogP) is 11.9. The van der Waals surface area contributed by atoms with E-state index in [1.807, 2.05) is 0 Å². The van der Waals surface area contributed by atoms with Crippen molar-refractivity contribution in [2.45, 2.75) is 0 Å². The van der Waals surface area contributed by atoms with Crippen LogP contribution in [0.25, 0.3) is 97.6 Å². The minimum absolute atomic E-state index is 0.673. The van der Waals surface area contributed by atoms with E-state index in [0.717, 1.165) is 43.6 Å². The fraction of sp³-hybridized carbons (Fsp3) is 0. The van der Waals surface area contributed by atoms with Crippen molar-refractivity contribution in [1.82, 2.24) is 19.1 Å². The maximum Gasteiger partial charge on any atom is 0.235 e. The minimum atomic E-state index is 0.673. The van der Waals surface area contributed by atoms with E-state index < -0.39 is 0 Å². The second-order valence-corrected chi connectivity index (χ2v) is 13.6. The van der Waals surface area contributed by atoms with Gasteiger partial charge in [-0.1, -0.05) is 121 Å². The number of para-hydroxylation sites is 3. The van der Waals surface area contributed by atoms with Crippen LogP contribution in [0.2, 0.25) is 0 Å². The van der Waals surface area contributed by atoms with Crippen LogP contribution in [0.4, 0.5) is 0 Å². The molecule has 0 N–H and O–H groups in total. The fourth-order valence-corrected chi connectivity index (χ4v) is 9.01. The van der Waals surface area contributed by atoms with E-state index in [-0.39, 0.29) is 0 Å². The molecule has 11 rings (SSSR count). The number of hydrogen-bond donors (Lipinski definition) is 0. The zero-order chi connectivity index (χ0) is 32.1. The molecule has 0 atom stereocenters. The first-order valence-corrected chi connectivity index (χ1v) is 17.3. The summed E-state index contributed by atoms with van der Waals surface area (Å²) in [6, 6.07) is 56.3. The van der Waals surface area contributed by atoms with Gasteiger partial charge in [0.05, 0.1) is 38.0 Å². The molecule has 5 heteroatoms. The van der Waals surface area contributed by atoms with Crippen LogP contribution >= 0.6 is 11.3 Å². The SMILES string of the molecule is c1ccc(-n2c3ccccc3c3ccc4c(c5ccccc5n4-c4nc(-c5cccc6ccccc56)c5sc6ccccc6c5n4)c32)cc1. The monoisotopic (exact) mass is 642 g/mol. The summed E-state index contributed by atoms with van der Waals surface area (Å²) in [4.78, 5) is 10.9. The van der Waals surface area contributed by atoms with Crippen molar-refractivity contribution in [1.29, 1.82) is 0 Å². The number of hydrogen-bond acceptors (Lipinski definition) is 3. The van der Waals surface area contributed by atoms with Crippen molar-refractivity contribution in [3.63, 3.8) is 0 Å². The lowest BCUT2D eigenvalue weighted by molar-refractivity contribution is 1.02. The van der Waals surface area contributed by atoms with Crippen molar-refractivity contribution in [2.24, 2.45) is 0 Å². The molecule has 0 saturated heterocycles. The van der Waals surface area contributed by atoms with Crippen LogP contribution in [-0.4, -0.2) is 19.1 Å². The number of rotatable bonds is 3. The highest BCUT2D eigenvalue weighted by molar-refractivity contribution is 7.26. The molecule has 0 aliphatic carbocycles. The van der Waals surface area contributed by atoms with Crippen LogP contribution in [0.5, 0.6) is 0 Å². The Morgan fingerprint density at radius 2 is 1.12 bits per heavy atom. The molecule has 49 heavy (non-hydrogen) atoms. The van der Waals surface area contributed by atoms with E-state index in [1.165, 1.54) is 48.1 Å². The lowest BCUT2D eigenvalue weighted by Crippen LogP contribution is -2.03. The van der Waals surface area contributed by atoms with Crippen molar-refractivity contribution in [2.75, 3.05) is 0 Å². The Kier molecular flexibility index (Phi) is 5.51. The van der Waals surface area contributed by atoms with Crippen molar-refractivity contribution in [3.05, 3.63) is 158 Å². The lowest BCUT2D eigenvalue weighted by Gasteiger charge is -2.12. The predicted molar refractivity (Wildman–Crippen MR) is 207 cm³/mol. The second kappa shape index (κ2) is 10.1. The Balaban J connectivity index is 1.32. The number of benzene rings is 7. The van der Waals surface area contributed by atoms with Crippen LogP contribution < -0.4 is 0 Å². The molecule has 4 heterocycles. The smallest absolute Gasteiger partial charge is 0.235 e. The minimum Gasteiger partial charge on any atom is -0.309 e. The van der Waals surface area contributed by atoms with E-state index in [9.17, 15) is 0 Å². The maximum absolute atomic E-state index is 5.52. The Morgan fingerprint density at radius 1 is 0.449 bits per heavy atom. The lowest BCUT2D eigenvalue weighted by atomic mass is 10.0. The van der Waals surface area contributed by atoms with Gasteiger partial charge < -0.3 is 4.57 Å². The van der Waals surface area contributed by atoms with Gasteiger partial charge in [-0.25, -0.2) is 9.97 Å². The highest BCUT2D eigenvalue weighted by Crippen LogP contribution is 2.44. The molecular weight excluding hydrogens is 617 g/mol. The topological polar surface area (TPSA) is 35.6 Å². The molecule has 0 unspecified atom stereocenters. The van der Waals surface area contributed by atoms with Gasteiger partial charge in [-0.15, -0.1) is 11.3 Å². The largest absolute Gasteiger partial charge is 0.309 e. The van der Waals surface area contributed by atoms with E-state index in [2.05, 4.69) is 167 Å². The highest BCUT2D eigenvalue weighted by Gasteiger charge is 2.24. The summed E-state index contributed by atoms with van der Waals surface area (Å²) in [5.74, 6) is 0.673. The molecule has 228 valence electrons. The molecule has 0 saturated carbocycles. The third-order valence-electron chi connectivity index (χ3n) is 9.94. The van der Waals surface area contributed by atoms with Gasteiger partial charge in [0.25, 0.3) is 0 Å². The van der Waals surface area contributed by atoms with Gasteiger partial charge in [0.1, 0.15) is 0 Å². The summed E-state index contributed by atoms with van der Waals surface area (Å²) in [7, 11) is 0. The van der Waals surface area contributed by atoms with E-state index in [0.29, 0.717) is 5.95 Å². The maximum atomic E-state index is 5.52. The summed E-state index contributed by atoms with van der Waals surface area (Å²) >= 11 is 1.77. The van der Waals surface area contributed by atoms with E-state index >= 15 is 0 Å². The van der Waals surface area contributed by atoms with Gasteiger partial charge in [0.2, 0.25) is 5.95 Å². The summed E-state index contributed by atoms with van der Waals surface area (Å²) in [5.41, 5.74) is 8.74. The zero-order valence-corrected chi connectivity index (χ0v) is 27.0. The van der Waals surface area contributed by atoms with E-state index in [4.69, 9.17) is 9.97 Å². The van der Waals surface area contributed by atoms with Crippen molar-refractivity contribution >= 4 is 86.0 Å². The van der Waals surface area contributed by atoms with Crippen LogP contribution in [-0.2, 0) is 0 Å². The molecule has 4 nitrogen and oxygen atoms in total. The molecule has 0 bridgehead atoms. The first-order chi connectivity index (χ1) is 24.3. The third kappa shape index (κ3) is 3.73. The zero-order valence-electron chi connectivity index (χ0n) is 26.2. The van der Waals surface area contributed by atoms with Gasteiger partial charge in [-0.2, -0.15) is 0 Å². The second-order valence-electron chi connectivity index (χ2n) is 12.6. The van der Waals surface area contributed by atoms with Crippen LogP contribution in [0.1, 0.15) is 0 Å². The quantitative estimate of drug-likeness (QED) is 0.192. The van der Waals surface area contributed by atoms with Gasteiger partial charge >= 0.3 is 0 Å². The van der Waals surface area contributed by atoms with Crippen LogP contribution in [0.3, 0.4) is 0 Å². The Labute approximate surface area is 284 Å². The van der Waals surface area contributed by atoms with Crippen LogP contribution in [0, 0.1) is 0 Å². The first kappa shape index (κ1) is 26.7.